The number of aliphatic hydroxyl groups excluding tert-OH is 1. The van der Waals surface area contributed by atoms with Gasteiger partial charge in [0.15, 0.2) is 41.3 Å². The lowest BCUT2D eigenvalue weighted by atomic mass is 9.89. The van der Waals surface area contributed by atoms with Crippen molar-refractivity contribution in [2.75, 3.05) is 21.0 Å². The monoisotopic (exact) mass is 610 g/mol. The summed E-state index contributed by atoms with van der Waals surface area (Å²) in [4.78, 5) is 37.0. The third kappa shape index (κ3) is 4.97. The van der Waals surface area contributed by atoms with Gasteiger partial charge in [-0.15, -0.1) is 0 Å². The number of methoxy groups -OCH3 is 2. The van der Waals surface area contributed by atoms with Gasteiger partial charge in [-0.3, -0.25) is 9.59 Å². The summed E-state index contributed by atoms with van der Waals surface area (Å²) in [6, 6.07) is 8.73. The Hall–Kier alpha value is -4.75. The Morgan fingerprint density at radius 1 is 0.864 bits per heavy atom. The van der Waals surface area contributed by atoms with Crippen molar-refractivity contribution in [3.8, 4) is 39.9 Å². The van der Waals surface area contributed by atoms with E-state index in [1.54, 1.807) is 37.3 Å². The van der Waals surface area contributed by atoms with Crippen LogP contribution in [0.25, 0.3) is 21.9 Å². The van der Waals surface area contributed by atoms with Crippen LogP contribution in [0.2, 0.25) is 0 Å². The van der Waals surface area contributed by atoms with Crippen molar-refractivity contribution >= 4 is 28.7 Å². The summed E-state index contributed by atoms with van der Waals surface area (Å²) in [6.45, 7) is 3.91. The molecule has 0 aromatic heterocycles. The molecule has 1 fully saturated rings. The number of hydrogen-bond donors (Lipinski definition) is 1. The van der Waals surface area contributed by atoms with Crippen LogP contribution in [0, 0.1) is 0 Å². The fraction of sp³-hybridized carbons (Fsp3) is 0.387. The zero-order valence-electron chi connectivity index (χ0n) is 24.5. The molecule has 13 nitrogen and oxygen atoms in total. The van der Waals surface area contributed by atoms with Crippen LogP contribution >= 0.6 is 0 Å². The molecule has 3 aliphatic heterocycles. The lowest BCUT2D eigenvalue weighted by Gasteiger charge is -2.42. The Morgan fingerprint density at radius 3 is 2.20 bits per heavy atom. The number of cyclic esters (lactones) is 1. The fourth-order valence-electron chi connectivity index (χ4n) is 5.78. The van der Waals surface area contributed by atoms with E-state index >= 15 is 0 Å². The van der Waals surface area contributed by atoms with Crippen molar-refractivity contribution in [3.63, 3.8) is 0 Å². The number of carbonyl (C=O) groups excluding carboxylic acids is 3. The molecule has 0 bridgehead atoms. The predicted molar refractivity (Wildman–Crippen MR) is 150 cm³/mol. The number of ether oxygens (including phenoxy) is 9. The lowest BCUT2D eigenvalue weighted by molar-refractivity contribution is -0.276. The SMILES string of the molecule is COc1cc2c(OC3O[C@H](C)[C@@H](OC(C)=O)[C@H](OC(C)=O)[C@H]3O)c3c(c(-c4ccc5c(c4)OCO5)c2cc1OC)C(=O)OC3. The third-order valence-corrected chi connectivity index (χ3v) is 7.67. The minimum Gasteiger partial charge on any atom is -0.493 e. The molecular formula is C31H30O13. The zero-order valence-corrected chi connectivity index (χ0v) is 24.5. The molecule has 0 saturated carbocycles. The average molecular weight is 611 g/mol. The smallest absolute Gasteiger partial charge is 0.339 e. The van der Waals surface area contributed by atoms with Crippen LogP contribution in [0.5, 0.6) is 28.7 Å². The molecule has 1 unspecified atom stereocenters. The van der Waals surface area contributed by atoms with Gasteiger partial charge in [-0.25, -0.2) is 4.79 Å². The second-order valence-corrected chi connectivity index (χ2v) is 10.4. The molecule has 0 amide bonds. The molecule has 13 heteroatoms. The number of hydrogen-bond acceptors (Lipinski definition) is 13. The Bertz CT molecular complexity index is 1660. The minimum atomic E-state index is -1.59. The van der Waals surface area contributed by atoms with Gasteiger partial charge in [0, 0.05) is 30.4 Å². The first-order valence-electron chi connectivity index (χ1n) is 13.8. The van der Waals surface area contributed by atoms with Crippen molar-refractivity contribution in [2.24, 2.45) is 0 Å². The standard InChI is InChI=1S/C31H30O13/c1-13-27(42-14(2)32)29(43-15(3)33)26(34)31(41-13)44-28-18-10-22(37-5)21(36-4)9-17(18)24(25-19(28)11-38-30(25)35)16-6-7-20-23(8-16)40-12-39-20/h6-10,13,26-27,29,31,34H,11-12H2,1-5H3/t13-,26-,27-,29-,31?/m1/s1. The van der Waals surface area contributed by atoms with Crippen LogP contribution in [0.4, 0.5) is 0 Å². The van der Waals surface area contributed by atoms with Gasteiger partial charge in [-0.2, -0.15) is 0 Å². The number of fused-ring (bicyclic) bond motifs is 3. The van der Waals surface area contributed by atoms with Crippen molar-refractivity contribution in [3.05, 3.63) is 41.5 Å². The number of rotatable bonds is 7. The van der Waals surface area contributed by atoms with Gasteiger partial charge in [-0.1, -0.05) is 6.07 Å². The largest absolute Gasteiger partial charge is 0.493 e. The van der Waals surface area contributed by atoms with Gasteiger partial charge >= 0.3 is 17.9 Å². The van der Waals surface area contributed by atoms with Crippen molar-refractivity contribution in [1.29, 1.82) is 0 Å². The Balaban J connectivity index is 1.53. The molecule has 3 aliphatic rings. The fourth-order valence-corrected chi connectivity index (χ4v) is 5.78. The van der Waals surface area contributed by atoms with E-state index in [0.29, 0.717) is 50.5 Å². The van der Waals surface area contributed by atoms with Gasteiger partial charge in [0.1, 0.15) is 12.4 Å². The maximum absolute atomic E-state index is 13.3. The number of carbonyl (C=O) groups is 3. The summed E-state index contributed by atoms with van der Waals surface area (Å²) in [6.07, 6.45) is -6.25. The molecule has 6 rings (SSSR count). The summed E-state index contributed by atoms with van der Waals surface area (Å²) in [5, 5.41) is 12.4. The molecule has 3 aromatic carbocycles. The molecule has 0 spiro atoms. The second-order valence-electron chi connectivity index (χ2n) is 10.4. The summed E-state index contributed by atoms with van der Waals surface area (Å²) in [7, 11) is 2.97. The average Bonchev–Trinajstić information content (AvgIpc) is 3.62. The van der Waals surface area contributed by atoms with E-state index in [1.165, 1.54) is 28.1 Å². The van der Waals surface area contributed by atoms with E-state index in [1.807, 2.05) is 0 Å². The molecule has 3 heterocycles. The van der Waals surface area contributed by atoms with E-state index in [0.717, 1.165) is 0 Å². The molecule has 1 saturated heterocycles. The van der Waals surface area contributed by atoms with Crippen LogP contribution < -0.4 is 23.7 Å². The first-order valence-corrected chi connectivity index (χ1v) is 13.8. The van der Waals surface area contributed by atoms with E-state index in [2.05, 4.69) is 0 Å². The van der Waals surface area contributed by atoms with Crippen molar-refractivity contribution < 1.29 is 62.1 Å². The Labute approximate surface area is 251 Å². The highest BCUT2D eigenvalue weighted by Crippen LogP contribution is 2.49. The first-order chi connectivity index (χ1) is 21.1. The van der Waals surface area contributed by atoms with Gasteiger partial charge in [0.05, 0.1) is 25.9 Å². The number of benzene rings is 3. The van der Waals surface area contributed by atoms with Crippen LogP contribution in [0.3, 0.4) is 0 Å². The van der Waals surface area contributed by atoms with Crippen LogP contribution in [-0.4, -0.2) is 74.7 Å². The maximum Gasteiger partial charge on any atom is 0.339 e. The molecule has 3 aromatic rings. The van der Waals surface area contributed by atoms with Crippen LogP contribution in [0.15, 0.2) is 30.3 Å². The molecular weight excluding hydrogens is 580 g/mol. The van der Waals surface area contributed by atoms with Gasteiger partial charge in [0.2, 0.25) is 13.1 Å². The number of aliphatic hydroxyl groups is 1. The summed E-state index contributed by atoms with van der Waals surface area (Å²) in [5.74, 6) is 0.101. The molecule has 0 aliphatic carbocycles. The topological polar surface area (TPSA) is 155 Å². The summed E-state index contributed by atoms with van der Waals surface area (Å²) >= 11 is 0. The van der Waals surface area contributed by atoms with E-state index in [4.69, 9.17) is 42.6 Å². The molecule has 5 atom stereocenters. The highest BCUT2D eigenvalue weighted by Gasteiger charge is 2.49. The highest BCUT2D eigenvalue weighted by molar-refractivity contribution is 6.14. The predicted octanol–water partition coefficient (Wildman–Crippen LogP) is 3.27. The molecule has 232 valence electrons. The molecule has 1 N–H and O–H groups in total. The minimum absolute atomic E-state index is 0.0757. The quantitative estimate of drug-likeness (QED) is 0.308. The van der Waals surface area contributed by atoms with Gasteiger partial charge in [0.25, 0.3) is 0 Å². The van der Waals surface area contributed by atoms with Gasteiger partial charge in [-0.05, 0) is 42.1 Å². The van der Waals surface area contributed by atoms with Crippen LogP contribution in [-0.2, 0) is 35.1 Å². The van der Waals surface area contributed by atoms with Gasteiger partial charge < -0.3 is 47.7 Å². The molecule has 44 heavy (non-hydrogen) atoms. The van der Waals surface area contributed by atoms with E-state index < -0.39 is 48.6 Å². The molecule has 0 radical (unpaired) electrons. The van der Waals surface area contributed by atoms with E-state index in [9.17, 15) is 19.5 Å². The lowest BCUT2D eigenvalue weighted by Crippen LogP contribution is -2.60. The number of esters is 3. The van der Waals surface area contributed by atoms with Crippen molar-refractivity contribution in [1.82, 2.24) is 0 Å². The third-order valence-electron chi connectivity index (χ3n) is 7.67. The summed E-state index contributed by atoms with van der Waals surface area (Å²) < 4.78 is 50.8. The van der Waals surface area contributed by atoms with E-state index in [-0.39, 0.29) is 24.7 Å². The normalized spacial score (nSPS) is 23.5. The maximum atomic E-state index is 13.3. The van der Waals surface area contributed by atoms with Crippen LogP contribution in [0.1, 0.15) is 36.7 Å². The highest BCUT2D eigenvalue weighted by atomic mass is 16.7. The zero-order chi connectivity index (χ0) is 31.3. The Morgan fingerprint density at radius 2 is 1.52 bits per heavy atom. The first kappa shape index (κ1) is 29.3. The second kappa shape index (κ2) is 11.4. The summed E-state index contributed by atoms with van der Waals surface area (Å²) in [5.41, 5.74) is 1.83. The Kier molecular flexibility index (Phi) is 7.59. The van der Waals surface area contributed by atoms with Crippen molar-refractivity contribution in [2.45, 2.75) is 58.1 Å².